The van der Waals surface area contributed by atoms with Crippen LogP contribution in [-0.2, 0) is 17.3 Å². The Morgan fingerprint density at radius 2 is 1.83 bits per heavy atom. The first kappa shape index (κ1) is 16.7. The Morgan fingerprint density at radius 1 is 0.966 bits per heavy atom. The molecule has 0 saturated carbocycles. The van der Waals surface area contributed by atoms with Gasteiger partial charge in [-0.1, -0.05) is 54.6 Å². The first-order valence-corrected chi connectivity index (χ1v) is 10.7. The molecule has 4 heteroatoms. The zero-order valence-electron chi connectivity index (χ0n) is 15.5. The zero-order valence-corrected chi connectivity index (χ0v) is 16.4. The summed E-state index contributed by atoms with van der Waals surface area (Å²) < 4.78 is 20.0. The number of rotatable bonds is 2. The van der Waals surface area contributed by atoms with Gasteiger partial charge in [0.1, 0.15) is 5.75 Å². The molecule has 2 unspecified atom stereocenters. The Balaban J connectivity index is 1.51. The molecule has 0 fully saturated rings. The van der Waals surface area contributed by atoms with Gasteiger partial charge in [-0.3, -0.25) is 4.99 Å². The van der Waals surface area contributed by atoms with Crippen molar-refractivity contribution in [2.45, 2.75) is 17.0 Å². The van der Waals surface area contributed by atoms with E-state index in [1.165, 1.54) is 0 Å². The summed E-state index contributed by atoms with van der Waals surface area (Å²) in [5.74, 6) is 0.876. The predicted octanol–water partition coefficient (Wildman–Crippen LogP) is 4.89. The first-order valence-electron chi connectivity index (χ1n) is 9.58. The molecule has 2 atom stereocenters. The molecule has 2 aromatic carbocycles. The van der Waals surface area contributed by atoms with Crippen LogP contribution >= 0.6 is 0 Å². The molecule has 29 heavy (non-hydrogen) atoms. The highest BCUT2D eigenvalue weighted by Crippen LogP contribution is 2.48. The highest BCUT2D eigenvalue weighted by atomic mass is 32.2. The molecule has 0 aromatic heterocycles. The fourth-order valence-corrected chi connectivity index (χ4v) is 5.42. The maximum absolute atomic E-state index is 13.2. The van der Waals surface area contributed by atoms with E-state index in [9.17, 15) is 4.21 Å². The normalized spacial score (nSPS) is 23.7. The Labute approximate surface area is 171 Å². The average molecular weight is 395 g/mol. The van der Waals surface area contributed by atoms with Gasteiger partial charge in [0, 0.05) is 43.9 Å². The molecule has 2 aliphatic heterocycles. The maximum Gasteiger partial charge on any atom is 0.179 e. The Bertz CT molecular complexity index is 1260. The second-order valence-corrected chi connectivity index (χ2v) is 8.88. The molecule has 3 nitrogen and oxygen atoms in total. The van der Waals surface area contributed by atoms with Crippen molar-refractivity contribution in [3.63, 3.8) is 0 Å². The van der Waals surface area contributed by atoms with Gasteiger partial charge in [0.15, 0.2) is 5.60 Å². The standard InChI is InChI=1S/C25H17NO2S/c27-29(21-7-2-1-3-8-21)22-12-11-19-5-4-6-20-13-17-9-10-18-15-26-16-23(18)24(17)28-25(19,20)14-22/h1-15H,16H2. The van der Waals surface area contributed by atoms with Gasteiger partial charge in [0.05, 0.1) is 17.3 Å². The van der Waals surface area contributed by atoms with Crippen molar-refractivity contribution >= 4 is 23.1 Å². The van der Waals surface area contributed by atoms with Crippen LogP contribution in [0.15, 0.2) is 105 Å². The van der Waals surface area contributed by atoms with Gasteiger partial charge < -0.3 is 4.74 Å². The summed E-state index contributed by atoms with van der Waals surface area (Å²) in [6, 6.07) is 13.7. The third-order valence-electron chi connectivity index (χ3n) is 5.73. The molecule has 0 N–H and O–H groups in total. The summed E-state index contributed by atoms with van der Waals surface area (Å²) in [5, 5.41) is 0. The number of aliphatic imine (C=N–C) groups is 1. The second-order valence-electron chi connectivity index (χ2n) is 7.40. The van der Waals surface area contributed by atoms with Crippen LogP contribution in [0.25, 0.3) is 6.08 Å². The molecular formula is C25H17NO2S. The van der Waals surface area contributed by atoms with Gasteiger partial charge in [-0.05, 0) is 30.4 Å². The van der Waals surface area contributed by atoms with Crippen LogP contribution < -0.4 is 4.74 Å². The lowest BCUT2D eigenvalue weighted by molar-refractivity contribution is 0.196. The van der Waals surface area contributed by atoms with Crippen molar-refractivity contribution in [2.24, 2.45) is 4.99 Å². The largest absolute Gasteiger partial charge is 0.473 e. The zero-order chi connectivity index (χ0) is 19.4. The van der Waals surface area contributed by atoms with Crippen LogP contribution in [0.4, 0.5) is 0 Å². The lowest BCUT2D eigenvalue weighted by atomic mass is 9.77. The molecule has 0 radical (unpaired) electrons. The number of nitrogens with zero attached hydrogens (tertiary/aromatic N) is 1. The summed E-state index contributed by atoms with van der Waals surface area (Å²) in [5.41, 5.74) is 4.63. The Morgan fingerprint density at radius 3 is 2.72 bits per heavy atom. The summed E-state index contributed by atoms with van der Waals surface area (Å²) in [7, 11) is -1.27. The Hall–Kier alpha value is -3.24. The van der Waals surface area contributed by atoms with Gasteiger partial charge >= 0.3 is 0 Å². The molecule has 0 amide bonds. The molecule has 2 heterocycles. The van der Waals surface area contributed by atoms with Gasteiger partial charge in [-0.2, -0.15) is 0 Å². The molecule has 2 aromatic rings. The van der Waals surface area contributed by atoms with Crippen LogP contribution in [0.1, 0.15) is 16.7 Å². The summed E-state index contributed by atoms with van der Waals surface area (Å²) >= 11 is 0. The first-order chi connectivity index (χ1) is 14.2. The molecule has 140 valence electrons. The molecule has 0 bridgehead atoms. The highest BCUT2D eigenvalue weighted by Gasteiger charge is 2.44. The number of hydrogen-bond donors (Lipinski definition) is 0. The fraction of sp³-hybridized carbons (Fsp3) is 0.0800. The summed E-state index contributed by atoms with van der Waals surface area (Å²) in [4.78, 5) is 5.95. The number of ether oxygens (including phenoxy) is 1. The summed E-state index contributed by atoms with van der Waals surface area (Å²) in [6.45, 7) is 0.634. The van der Waals surface area contributed by atoms with Crippen LogP contribution in [0.2, 0.25) is 0 Å². The number of allylic oxidation sites excluding steroid dienone is 3. The maximum atomic E-state index is 13.2. The van der Waals surface area contributed by atoms with Crippen LogP contribution in [0.5, 0.6) is 5.75 Å². The van der Waals surface area contributed by atoms with E-state index < -0.39 is 16.4 Å². The van der Waals surface area contributed by atoms with E-state index >= 15 is 0 Å². The quantitative estimate of drug-likeness (QED) is 0.726. The van der Waals surface area contributed by atoms with Crippen molar-refractivity contribution in [1.29, 1.82) is 0 Å². The van der Waals surface area contributed by atoms with Gasteiger partial charge in [-0.15, -0.1) is 0 Å². The molecule has 0 saturated heterocycles. The minimum absolute atomic E-state index is 0.634. The van der Waals surface area contributed by atoms with E-state index in [0.717, 1.165) is 43.4 Å². The van der Waals surface area contributed by atoms with Gasteiger partial charge in [0.2, 0.25) is 0 Å². The number of benzene rings is 2. The van der Waals surface area contributed by atoms with Crippen molar-refractivity contribution in [3.05, 3.63) is 112 Å². The van der Waals surface area contributed by atoms with Crippen molar-refractivity contribution in [3.8, 4) is 5.75 Å². The molecule has 2 aliphatic carbocycles. The molecule has 1 spiro atoms. The Kier molecular flexibility index (Phi) is 3.53. The molecule has 6 rings (SSSR count). The van der Waals surface area contributed by atoms with E-state index in [-0.39, 0.29) is 0 Å². The van der Waals surface area contributed by atoms with Crippen molar-refractivity contribution < 1.29 is 8.95 Å². The van der Waals surface area contributed by atoms with Crippen molar-refractivity contribution in [2.75, 3.05) is 0 Å². The van der Waals surface area contributed by atoms with E-state index in [1.54, 1.807) is 0 Å². The van der Waals surface area contributed by atoms with E-state index in [4.69, 9.17) is 4.74 Å². The van der Waals surface area contributed by atoms with Crippen LogP contribution in [0.3, 0.4) is 0 Å². The molecular weight excluding hydrogens is 378 g/mol. The third kappa shape index (κ3) is 2.42. The fourth-order valence-electron chi connectivity index (χ4n) is 4.28. The number of fused-ring (bicyclic) bond motifs is 3. The van der Waals surface area contributed by atoms with E-state index in [0.29, 0.717) is 6.54 Å². The van der Waals surface area contributed by atoms with Crippen molar-refractivity contribution in [1.82, 2.24) is 0 Å². The van der Waals surface area contributed by atoms with E-state index in [1.807, 2.05) is 60.9 Å². The average Bonchev–Trinajstić information content (AvgIpc) is 3.25. The monoisotopic (exact) mass is 395 g/mol. The lowest BCUT2D eigenvalue weighted by Crippen LogP contribution is -2.42. The van der Waals surface area contributed by atoms with Gasteiger partial charge in [0.25, 0.3) is 0 Å². The highest BCUT2D eigenvalue weighted by molar-refractivity contribution is 7.89. The summed E-state index contributed by atoms with van der Waals surface area (Å²) in [6.07, 6.45) is 16.3. The number of hydrogen-bond acceptors (Lipinski definition) is 3. The van der Waals surface area contributed by atoms with E-state index in [2.05, 4.69) is 35.4 Å². The third-order valence-corrected chi connectivity index (χ3v) is 7.12. The predicted molar refractivity (Wildman–Crippen MR) is 116 cm³/mol. The van der Waals surface area contributed by atoms with Gasteiger partial charge in [-0.25, -0.2) is 4.21 Å². The second kappa shape index (κ2) is 6.13. The lowest BCUT2D eigenvalue weighted by Gasteiger charge is -2.41. The topological polar surface area (TPSA) is 38.7 Å². The minimum Gasteiger partial charge on any atom is -0.473 e. The molecule has 4 aliphatic rings. The minimum atomic E-state index is -1.27. The smallest absolute Gasteiger partial charge is 0.179 e. The van der Waals surface area contributed by atoms with Crippen LogP contribution in [-0.4, -0.2) is 16.0 Å². The SMILES string of the molecule is O=S(C1=CC23Oc4c(ccc5c4CN=C5)C=C2C=CC=C3C=C1)c1ccccc1. The van der Waals surface area contributed by atoms with Crippen LogP contribution in [0, 0.1) is 0 Å².